The van der Waals surface area contributed by atoms with Crippen LogP contribution in [0.15, 0.2) is 17.0 Å². The summed E-state index contributed by atoms with van der Waals surface area (Å²) in [5, 5.41) is 2.92. The summed E-state index contributed by atoms with van der Waals surface area (Å²) in [5.41, 5.74) is 0.00600. The highest BCUT2D eigenvalue weighted by Crippen LogP contribution is 2.40. The lowest BCUT2D eigenvalue weighted by molar-refractivity contribution is 0.338. The molecule has 4 nitrogen and oxygen atoms in total. The Balaban J connectivity index is 1.95. The van der Waals surface area contributed by atoms with Crippen LogP contribution in [0, 0.1) is 11.2 Å². The molecule has 0 aromatic heterocycles. The van der Waals surface area contributed by atoms with E-state index in [0.717, 1.165) is 38.1 Å². The summed E-state index contributed by atoms with van der Waals surface area (Å²) in [6, 6.07) is 1.95. The molecule has 3 rings (SSSR count). The van der Waals surface area contributed by atoms with Crippen molar-refractivity contribution in [2.75, 3.05) is 26.2 Å². The van der Waals surface area contributed by atoms with E-state index in [4.69, 9.17) is 23.2 Å². The first-order valence-corrected chi connectivity index (χ1v) is 8.89. The van der Waals surface area contributed by atoms with E-state index in [9.17, 15) is 12.8 Å². The third-order valence-corrected chi connectivity index (χ3v) is 7.06. The van der Waals surface area contributed by atoms with Crippen LogP contribution in [-0.4, -0.2) is 38.9 Å². The molecule has 1 N–H and O–H groups in total. The Morgan fingerprint density at radius 2 is 1.90 bits per heavy atom. The smallest absolute Gasteiger partial charge is 0.246 e. The van der Waals surface area contributed by atoms with Crippen molar-refractivity contribution in [3.63, 3.8) is 0 Å². The highest BCUT2D eigenvalue weighted by molar-refractivity contribution is 7.89. The average molecular weight is 353 g/mol. The molecule has 0 bridgehead atoms. The fourth-order valence-corrected chi connectivity index (χ4v) is 5.84. The highest BCUT2D eigenvalue weighted by Gasteiger charge is 2.45. The van der Waals surface area contributed by atoms with E-state index < -0.39 is 15.8 Å². The van der Waals surface area contributed by atoms with Gasteiger partial charge in [-0.15, -0.1) is 0 Å². The molecule has 1 spiro atoms. The van der Waals surface area contributed by atoms with Crippen LogP contribution in [0.5, 0.6) is 0 Å². The Kier molecular flexibility index (Phi) is 3.95. The van der Waals surface area contributed by atoms with Gasteiger partial charge in [0.15, 0.2) is 0 Å². The van der Waals surface area contributed by atoms with Gasteiger partial charge in [-0.2, -0.15) is 4.31 Å². The van der Waals surface area contributed by atoms with Crippen molar-refractivity contribution in [2.24, 2.45) is 5.41 Å². The minimum atomic E-state index is -3.81. The maximum Gasteiger partial charge on any atom is 0.246 e. The van der Waals surface area contributed by atoms with E-state index in [-0.39, 0.29) is 20.4 Å². The van der Waals surface area contributed by atoms with Crippen LogP contribution in [0.25, 0.3) is 0 Å². The van der Waals surface area contributed by atoms with E-state index in [2.05, 4.69) is 5.32 Å². The molecule has 0 saturated carbocycles. The van der Waals surface area contributed by atoms with Gasteiger partial charge in [0.2, 0.25) is 10.0 Å². The number of nitrogens with one attached hydrogen (secondary N) is 1. The number of benzene rings is 1. The molecule has 1 aromatic rings. The molecule has 1 aromatic carbocycles. The minimum Gasteiger partial charge on any atom is -0.316 e. The summed E-state index contributed by atoms with van der Waals surface area (Å²) < 4.78 is 40.1. The van der Waals surface area contributed by atoms with E-state index in [1.54, 1.807) is 0 Å². The van der Waals surface area contributed by atoms with Gasteiger partial charge in [0.1, 0.15) is 10.7 Å². The van der Waals surface area contributed by atoms with Gasteiger partial charge in [0.05, 0.1) is 10.0 Å². The van der Waals surface area contributed by atoms with E-state index in [0.29, 0.717) is 13.1 Å². The number of nitrogens with zero attached hydrogens (tertiary/aromatic N) is 1. The zero-order valence-electron chi connectivity index (χ0n) is 11.2. The van der Waals surface area contributed by atoms with Crippen LogP contribution < -0.4 is 5.32 Å². The Morgan fingerprint density at radius 3 is 2.48 bits per heavy atom. The molecule has 0 aliphatic carbocycles. The van der Waals surface area contributed by atoms with E-state index >= 15 is 0 Å². The van der Waals surface area contributed by atoms with Crippen molar-refractivity contribution >= 4 is 33.2 Å². The second kappa shape index (κ2) is 5.35. The highest BCUT2D eigenvalue weighted by atomic mass is 35.5. The lowest BCUT2D eigenvalue weighted by atomic mass is 9.87. The van der Waals surface area contributed by atoms with Crippen molar-refractivity contribution < 1.29 is 12.8 Å². The van der Waals surface area contributed by atoms with E-state index in [1.807, 2.05) is 0 Å². The van der Waals surface area contributed by atoms with Crippen molar-refractivity contribution in [1.82, 2.24) is 9.62 Å². The molecule has 2 fully saturated rings. The zero-order valence-corrected chi connectivity index (χ0v) is 13.5. The molecule has 0 amide bonds. The van der Waals surface area contributed by atoms with E-state index in [1.165, 1.54) is 4.31 Å². The van der Waals surface area contributed by atoms with Crippen LogP contribution in [-0.2, 0) is 10.0 Å². The van der Waals surface area contributed by atoms with Crippen molar-refractivity contribution in [1.29, 1.82) is 0 Å². The molecule has 1 unspecified atom stereocenters. The normalized spacial score (nSPS) is 26.8. The number of halogens is 3. The summed E-state index contributed by atoms with van der Waals surface area (Å²) in [4.78, 5) is -0.199. The zero-order chi connectivity index (χ0) is 15.3. The molecule has 2 saturated heterocycles. The second-order valence-corrected chi connectivity index (χ2v) is 8.40. The SMILES string of the molecule is O=S(=O)(c1c(Cl)cc(F)cc1Cl)N1CCC2(CCNC2)C1. The van der Waals surface area contributed by atoms with Gasteiger partial charge in [0, 0.05) is 19.6 Å². The lowest BCUT2D eigenvalue weighted by Gasteiger charge is -2.23. The fraction of sp³-hybridized carbons (Fsp3) is 0.538. The van der Waals surface area contributed by atoms with Gasteiger partial charge < -0.3 is 5.32 Å². The van der Waals surface area contributed by atoms with Crippen LogP contribution in [0.4, 0.5) is 4.39 Å². The number of hydrogen-bond acceptors (Lipinski definition) is 3. The molecule has 1 atom stereocenters. The van der Waals surface area contributed by atoms with Gasteiger partial charge in [-0.3, -0.25) is 0 Å². The summed E-state index contributed by atoms with van der Waals surface area (Å²) in [7, 11) is -3.81. The predicted molar refractivity (Wildman–Crippen MR) is 79.7 cm³/mol. The minimum absolute atomic E-state index is 0.00600. The molecule has 116 valence electrons. The first kappa shape index (κ1) is 15.5. The lowest BCUT2D eigenvalue weighted by Crippen LogP contribution is -2.33. The molecule has 2 aliphatic rings. The summed E-state index contributed by atoms with van der Waals surface area (Å²) in [5.74, 6) is -0.651. The van der Waals surface area contributed by atoms with Crippen molar-refractivity contribution in [3.05, 3.63) is 28.0 Å². The summed E-state index contributed by atoms with van der Waals surface area (Å²) >= 11 is 11.8. The van der Waals surface area contributed by atoms with Gasteiger partial charge in [-0.05, 0) is 36.9 Å². The summed E-state index contributed by atoms with van der Waals surface area (Å²) in [6.07, 6.45) is 1.78. The molecular formula is C13H15Cl2FN2O2S. The van der Waals surface area contributed by atoms with Gasteiger partial charge in [-0.1, -0.05) is 23.2 Å². The maximum absolute atomic E-state index is 13.2. The van der Waals surface area contributed by atoms with Gasteiger partial charge in [-0.25, -0.2) is 12.8 Å². The first-order chi connectivity index (χ1) is 9.84. The Morgan fingerprint density at radius 1 is 1.24 bits per heavy atom. The molecular weight excluding hydrogens is 338 g/mol. The molecule has 21 heavy (non-hydrogen) atoms. The van der Waals surface area contributed by atoms with Gasteiger partial charge >= 0.3 is 0 Å². The number of hydrogen-bond donors (Lipinski definition) is 1. The van der Waals surface area contributed by atoms with Crippen LogP contribution in [0.3, 0.4) is 0 Å². The third-order valence-electron chi connectivity index (χ3n) is 4.30. The topological polar surface area (TPSA) is 49.4 Å². The predicted octanol–water partition coefficient (Wildman–Crippen LogP) is 2.51. The number of rotatable bonds is 2. The quantitative estimate of drug-likeness (QED) is 0.889. The van der Waals surface area contributed by atoms with Crippen molar-refractivity contribution in [3.8, 4) is 0 Å². The standard InChI is InChI=1S/C13H15Cl2FN2O2S/c14-10-5-9(16)6-11(15)12(10)21(19,20)18-4-2-13(8-18)1-3-17-7-13/h5-6,17H,1-4,7-8H2. The fourth-order valence-electron chi connectivity index (χ4n) is 3.15. The molecule has 8 heteroatoms. The average Bonchev–Trinajstić information content (AvgIpc) is 2.99. The van der Waals surface area contributed by atoms with Gasteiger partial charge in [0.25, 0.3) is 0 Å². The Labute approximate surface area is 133 Å². The first-order valence-electron chi connectivity index (χ1n) is 6.70. The second-order valence-electron chi connectivity index (χ2n) is 5.71. The van der Waals surface area contributed by atoms with Crippen LogP contribution >= 0.6 is 23.2 Å². The monoisotopic (exact) mass is 352 g/mol. The van der Waals surface area contributed by atoms with Crippen molar-refractivity contribution in [2.45, 2.75) is 17.7 Å². The molecule has 2 heterocycles. The largest absolute Gasteiger partial charge is 0.316 e. The third kappa shape index (κ3) is 2.68. The molecule has 2 aliphatic heterocycles. The Bertz CT molecular complexity index is 652. The van der Waals surface area contributed by atoms with Crippen LogP contribution in [0.2, 0.25) is 10.0 Å². The molecule has 0 radical (unpaired) electrons. The number of sulfonamides is 1. The summed E-state index contributed by atoms with van der Waals surface area (Å²) in [6.45, 7) is 2.62. The maximum atomic E-state index is 13.2. The Hall–Kier alpha value is -0.400. The van der Waals surface area contributed by atoms with Crippen LogP contribution in [0.1, 0.15) is 12.8 Å².